The highest BCUT2D eigenvalue weighted by Gasteiger charge is 2.08. The van der Waals surface area contributed by atoms with Gasteiger partial charge in [0.1, 0.15) is 11.6 Å². The predicted molar refractivity (Wildman–Crippen MR) is 81.6 cm³/mol. The second-order valence-electron chi connectivity index (χ2n) is 4.42. The number of ether oxygens (including phenoxy) is 2. The topological polar surface area (TPSA) is 43.4 Å². The average Bonchev–Trinajstić information content (AvgIpc) is 2.84. The van der Waals surface area contributed by atoms with Gasteiger partial charge >= 0.3 is 0 Å². The van der Waals surface area contributed by atoms with Crippen molar-refractivity contribution in [3.63, 3.8) is 0 Å². The van der Waals surface area contributed by atoms with E-state index in [1.807, 2.05) is 44.5 Å². The standard InChI is InChI=1S/C15H20N2O2S/c1-4-18-14-7-12(8-16-3)5-6-13(14)19-9-15-17-11(2)10-20-15/h5-7,10,16H,4,8-9H2,1-3H3. The fraction of sp³-hybridized carbons (Fsp3) is 0.400. The highest BCUT2D eigenvalue weighted by atomic mass is 32.1. The highest BCUT2D eigenvalue weighted by Crippen LogP contribution is 2.29. The lowest BCUT2D eigenvalue weighted by Crippen LogP contribution is -2.06. The third kappa shape index (κ3) is 3.95. The van der Waals surface area contributed by atoms with Crippen molar-refractivity contribution in [2.24, 2.45) is 0 Å². The zero-order valence-corrected chi connectivity index (χ0v) is 12.9. The largest absolute Gasteiger partial charge is 0.490 e. The summed E-state index contributed by atoms with van der Waals surface area (Å²) in [5.74, 6) is 1.55. The quantitative estimate of drug-likeness (QED) is 0.851. The number of nitrogens with one attached hydrogen (secondary N) is 1. The second-order valence-corrected chi connectivity index (χ2v) is 5.36. The molecule has 0 atom stereocenters. The Balaban J connectivity index is 2.09. The van der Waals surface area contributed by atoms with Gasteiger partial charge in [0.2, 0.25) is 0 Å². The van der Waals surface area contributed by atoms with Crippen LogP contribution in [0.25, 0.3) is 0 Å². The van der Waals surface area contributed by atoms with Crippen LogP contribution in [0, 0.1) is 6.92 Å². The number of rotatable bonds is 7. The monoisotopic (exact) mass is 292 g/mol. The normalized spacial score (nSPS) is 10.6. The van der Waals surface area contributed by atoms with Gasteiger partial charge in [-0.2, -0.15) is 0 Å². The Morgan fingerprint density at radius 3 is 2.75 bits per heavy atom. The summed E-state index contributed by atoms with van der Waals surface area (Å²) in [5.41, 5.74) is 2.20. The van der Waals surface area contributed by atoms with E-state index in [1.54, 1.807) is 11.3 Å². The molecule has 2 aromatic rings. The van der Waals surface area contributed by atoms with E-state index in [4.69, 9.17) is 9.47 Å². The molecule has 2 rings (SSSR count). The average molecular weight is 292 g/mol. The van der Waals surface area contributed by atoms with Crippen molar-refractivity contribution in [2.45, 2.75) is 27.0 Å². The lowest BCUT2D eigenvalue weighted by atomic mass is 10.2. The van der Waals surface area contributed by atoms with Crippen molar-refractivity contribution < 1.29 is 9.47 Å². The molecule has 0 aliphatic carbocycles. The van der Waals surface area contributed by atoms with E-state index in [0.717, 1.165) is 28.7 Å². The Kier molecular flexibility index (Phi) is 5.38. The van der Waals surface area contributed by atoms with Crippen molar-refractivity contribution in [2.75, 3.05) is 13.7 Å². The first-order valence-electron chi connectivity index (χ1n) is 6.67. The van der Waals surface area contributed by atoms with Crippen LogP contribution in [0.2, 0.25) is 0 Å². The van der Waals surface area contributed by atoms with Gasteiger partial charge in [0.05, 0.1) is 6.61 Å². The summed E-state index contributed by atoms with van der Waals surface area (Å²) < 4.78 is 11.5. The van der Waals surface area contributed by atoms with E-state index in [1.165, 1.54) is 5.56 Å². The number of benzene rings is 1. The van der Waals surface area contributed by atoms with Crippen molar-refractivity contribution in [3.05, 3.63) is 39.8 Å². The summed E-state index contributed by atoms with van der Waals surface area (Å²) in [7, 11) is 1.93. The zero-order chi connectivity index (χ0) is 14.4. The molecule has 1 aromatic carbocycles. The summed E-state index contributed by atoms with van der Waals surface area (Å²) in [6, 6.07) is 6.02. The Morgan fingerprint density at radius 1 is 1.25 bits per heavy atom. The molecule has 1 aromatic heterocycles. The van der Waals surface area contributed by atoms with Crippen molar-refractivity contribution in [1.82, 2.24) is 10.3 Å². The van der Waals surface area contributed by atoms with Gasteiger partial charge in [0, 0.05) is 17.6 Å². The molecular formula is C15H20N2O2S. The number of aryl methyl sites for hydroxylation is 1. The molecule has 1 N–H and O–H groups in total. The third-order valence-electron chi connectivity index (χ3n) is 2.71. The van der Waals surface area contributed by atoms with E-state index >= 15 is 0 Å². The maximum Gasteiger partial charge on any atom is 0.161 e. The summed E-state index contributed by atoms with van der Waals surface area (Å²) in [4.78, 5) is 4.39. The molecular weight excluding hydrogens is 272 g/mol. The molecule has 108 valence electrons. The summed E-state index contributed by atoms with van der Waals surface area (Å²) >= 11 is 1.61. The van der Waals surface area contributed by atoms with Crippen LogP contribution in [0.1, 0.15) is 23.2 Å². The van der Waals surface area contributed by atoms with Crippen LogP contribution in [-0.2, 0) is 13.2 Å². The molecule has 4 nitrogen and oxygen atoms in total. The van der Waals surface area contributed by atoms with E-state index in [2.05, 4.69) is 10.3 Å². The smallest absolute Gasteiger partial charge is 0.161 e. The number of aromatic nitrogens is 1. The summed E-state index contributed by atoms with van der Waals surface area (Å²) in [5, 5.41) is 6.13. The minimum Gasteiger partial charge on any atom is -0.490 e. The minimum atomic E-state index is 0.476. The highest BCUT2D eigenvalue weighted by molar-refractivity contribution is 7.09. The first-order valence-corrected chi connectivity index (χ1v) is 7.55. The van der Waals surface area contributed by atoms with Crippen LogP contribution in [0.3, 0.4) is 0 Å². The number of hydrogen-bond acceptors (Lipinski definition) is 5. The van der Waals surface area contributed by atoms with Crippen molar-refractivity contribution in [1.29, 1.82) is 0 Å². The zero-order valence-electron chi connectivity index (χ0n) is 12.1. The van der Waals surface area contributed by atoms with Gasteiger partial charge in [0.15, 0.2) is 11.5 Å². The van der Waals surface area contributed by atoms with Gasteiger partial charge in [-0.25, -0.2) is 4.98 Å². The van der Waals surface area contributed by atoms with Gasteiger partial charge in [-0.1, -0.05) is 6.07 Å². The second kappa shape index (κ2) is 7.26. The van der Waals surface area contributed by atoms with Gasteiger partial charge < -0.3 is 14.8 Å². The minimum absolute atomic E-state index is 0.476. The van der Waals surface area contributed by atoms with Gasteiger partial charge in [-0.15, -0.1) is 11.3 Å². The number of nitrogens with zero attached hydrogens (tertiary/aromatic N) is 1. The van der Waals surface area contributed by atoms with Crippen LogP contribution in [-0.4, -0.2) is 18.6 Å². The maximum atomic E-state index is 5.82. The molecule has 0 saturated heterocycles. The molecule has 1 heterocycles. The predicted octanol–water partition coefficient (Wildman–Crippen LogP) is 3.15. The first kappa shape index (κ1) is 14.8. The lowest BCUT2D eigenvalue weighted by molar-refractivity contribution is 0.268. The molecule has 0 radical (unpaired) electrons. The van der Waals surface area contributed by atoms with E-state index < -0.39 is 0 Å². The van der Waals surface area contributed by atoms with Crippen molar-refractivity contribution >= 4 is 11.3 Å². The molecule has 0 unspecified atom stereocenters. The molecule has 0 aliphatic heterocycles. The lowest BCUT2D eigenvalue weighted by Gasteiger charge is -2.12. The number of hydrogen-bond donors (Lipinski definition) is 1. The van der Waals surface area contributed by atoms with Crippen LogP contribution in [0.15, 0.2) is 23.6 Å². The van der Waals surface area contributed by atoms with E-state index in [-0.39, 0.29) is 0 Å². The van der Waals surface area contributed by atoms with Gasteiger partial charge in [-0.3, -0.25) is 0 Å². The summed E-state index contributed by atoms with van der Waals surface area (Å²) in [6.07, 6.45) is 0. The van der Waals surface area contributed by atoms with E-state index in [0.29, 0.717) is 13.2 Å². The van der Waals surface area contributed by atoms with Crippen molar-refractivity contribution in [3.8, 4) is 11.5 Å². The molecule has 0 bridgehead atoms. The Hall–Kier alpha value is -1.59. The van der Waals surface area contributed by atoms with E-state index in [9.17, 15) is 0 Å². The van der Waals surface area contributed by atoms with Crippen LogP contribution >= 0.6 is 11.3 Å². The fourth-order valence-electron chi connectivity index (χ4n) is 1.86. The van der Waals surface area contributed by atoms with Crippen LogP contribution < -0.4 is 14.8 Å². The maximum absolute atomic E-state index is 5.82. The Bertz CT molecular complexity index is 555. The fourth-order valence-corrected chi connectivity index (χ4v) is 2.55. The molecule has 20 heavy (non-hydrogen) atoms. The molecule has 0 fully saturated rings. The van der Waals surface area contributed by atoms with Crippen LogP contribution in [0.5, 0.6) is 11.5 Å². The Labute approximate surface area is 123 Å². The third-order valence-corrected chi connectivity index (χ3v) is 3.65. The molecule has 0 aliphatic rings. The van der Waals surface area contributed by atoms with Gasteiger partial charge in [0.25, 0.3) is 0 Å². The molecule has 0 spiro atoms. The van der Waals surface area contributed by atoms with Gasteiger partial charge in [-0.05, 0) is 38.6 Å². The molecule has 0 saturated carbocycles. The SMILES string of the molecule is CCOc1cc(CNC)ccc1OCc1nc(C)cs1. The molecule has 0 amide bonds. The van der Waals surface area contributed by atoms with Crippen LogP contribution in [0.4, 0.5) is 0 Å². The molecule has 5 heteroatoms. The Morgan fingerprint density at radius 2 is 2.10 bits per heavy atom. The first-order chi connectivity index (χ1) is 9.72. The number of thiazole rings is 1. The summed E-state index contributed by atoms with van der Waals surface area (Å²) in [6.45, 7) is 5.86.